The van der Waals surface area contributed by atoms with Crippen molar-refractivity contribution in [3.8, 4) is 11.5 Å². The standard InChI is InChI=1S/C21H22F2O3/c1-2-25-18-13-12-17(19(22)20(18)23)21(24)26-16-10-8-15(9-11-16)14-6-4-3-5-7-14/h8-14H,2-7H2,1H3. The number of halogens is 2. The van der Waals surface area contributed by atoms with Gasteiger partial charge in [-0.2, -0.15) is 4.39 Å². The van der Waals surface area contributed by atoms with Crippen LogP contribution in [0, 0.1) is 11.6 Å². The van der Waals surface area contributed by atoms with Gasteiger partial charge < -0.3 is 9.47 Å². The van der Waals surface area contributed by atoms with E-state index in [1.807, 2.05) is 12.1 Å². The molecule has 0 aliphatic heterocycles. The summed E-state index contributed by atoms with van der Waals surface area (Å²) in [5.41, 5.74) is 0.769. The Labute approximate surface area is 151 Å². The summed E-state index contributed by atoms with van der Waals surface area (Å²) in [6.45, 7) is 1.87. The van der Waals surface area contributed by atoms with Gasteiger partial charge in [0, 0.05) is 0 Å². The fourth-order valence-electron chi connectivity index (χ4n) is 3.36. The molecule has 0 spiro atoms. The van der Waals surface area contributed by atoms with E-state index >= 15 is 0 Å². The van der Waals surface area contributed by atoms with Gasteiger partial charge >= 0.3 is 5.97 Å². The van der Waals surface area contributed by atoms with Gasteiger partial charge in [0.25, 0.3) is 0 Å². The lowest BCUT2D eigenvalue weighted by atomic mass is 9.84. The van der Waals surface area contributed by atoms with Crippen molar-refractivity contribution >= 4 is 5.97 Å². The minimum Gasteiger partial charge on any atom is -0.491 e. The normalized spacial score (nSPS) is 14.9. The van der Waals surface area contributed by atoms with Crippen LogP contribution in [0.5, 0.6) is 11.5 Å². The third-order valence-electron chi connectivity index (χ3n) is 4.73. The van der Waals surface area contributed by atoms with Crippen LogP contribution < -0.4 is 9.47 Å². The van der Waals surface area contributed by atoms with Crippen LogP contribution in [0.4, 0.5) is 8.78 Å². The predicted molar refractivity (Wildman–Crippen MR) is 94.8 cm³/mol. The van der Waals surface area contributed by atoms with Crippen LogP contribution in [0.15, 0.2) is 36.4 Å². The van der Waals surface area contributed by atoms with Gasteiger partial charge in [-0.15, -0.1) is 0 Å². The molecule has 1 aliphatic carbocycles. The van der Waals surface area contributed by atoms with Gasteiger partial charge in [0.1, 0.15) is 5.75 Å². The molecule has 1 fully saturated rings. The molecule has 0 unspecified atom stereocenters. The second-order valence-electron chi connectivity index (χ2n) is 6.47. The zero-order valence-corrected chi connectivity index (χ0v) is 14.8. The number of carbonyl (C=O) groups excluding carboxylic acids is 1. The second kappa shape index (κ2) is 8.30. The summed E-state index contributed by atoms with van der Waals surface area (Å²) < 4.78 is 38.2. The summed E-state index contributed by atoms with van der Waals surface area (Å²) in [5.74, 6) is -2.75. The first-order chi connectivity index (χ1) is 12.6. The van der Waals surface area contributed by atoms with Gasteiger partial charge in [0.05, 0.1) is 12.2 Å². The summed E-state index contributed by atoms with van der Waals surface area (Å²) in [6.07, 6.45) is 6.12. The Morgan fingerprint density at radius 3 is 2.35 bits per heavy atom. The van der Waals surface area contributed by atoms with Gasteiger partial charge in [0.15, 0.2) is 11.6 Å². The van der Waals surface area contributed by atoms with Crippen LogP contribution in [0.1, 0.15) is 60.9 Å². The average molecular weight is 360 g/mol. The summed E-state index contributed by atoms with van der Waals surface area (Å²) in [4.78, 5) is 12.2. The SMILES string of the molecule is CCOc1ccc(C(=O)Oc2ccc(C3CCCCC3)cc2)c(F)c1F. The van der Waals surface area contributed by atoms with Crippen molar-refractivity contribution in [1.82, 2.24) is 0 Å². The third kappa shape index (κ3) is 4.03. The van der Waals surface area contributed by atoms with Crippen LogP contribution >= 0.6 is 0 Å². The number of esters is 1. The Balaban J connectivity index is 1.70. The van der Waals surface area contributed by atoms with E-state index < -0.39 is 23.2 Å². The number of carbonyl (C=O) groups is 1. The molecule has 0 radical (unpaired) electrons. The second-order valence-corrected chi connectivity index (χ2v) is 6.47. The van der Waals surface area contributed by atoms with Crippen LogP contribution in [-0.4, -0.2) is 12.6 Å². The first-order valence-corrected chi connectivity index (χ1v) is 9.03. The molecule has 0 N–H and O–H groups in total. The summed E-state index contributed by atoms with van der Waals surface area (Å²) >= 11 is 0. The number of hydrogen-bond acceptors (Lipinski definition) is 3. The Morgan fingerprint density at radius 2 is 1.69 bits per heavy atom. The molecule has 0 heterocycles. The van der Waals surface area contributed by atoms with E-state index in [1.54, 1.807) is 19.1 Å². The van der Waals surface area contributed by atoms with Crippen LogP contribution in [-0.2, 0) is 0 Å². The number of rotatable bonds is 5. The van der Waals surface area contributed by atoms with E-state index in [0.29, 0.717) is 11.7 Å². The highest BCUT2D eigenvalue weighted by Gasteiger charge is 2.21. The summed E-state index contributed by atoms with van der Waals surface area (Å²) in [7, 11) is 0. The lowest BCUT2D eigenvalue weighted by Crippen LogP contribution is -2.12. The lowest BCUT2D eigenvalue weighted by Gasteiger charge is -2.22. The summed E-state index contributed by atoms with van der Waals surface area (Å²) in [5, 5.41) is 0. The van der Waals surface area contributed by atoms with E-state index in [9.17, 15) is 13.6 Å². The maximum absolute atomic E-state index is 14.1. The fraction of sp³-hybridized carbons (Fsp3) is 0.381. The van der Waals surface area contributed by atoms with Crippen molar-refractivity contribution in [3.63, 3.8) is 0 Å². The zero-order chi connectivity index (χ0) is 18.5. The Kier molecular flexibility index (Phi) is 5.86. The van der Waals surface area contributed by atoms with E-state index in [2.05, 4.69) is 0 Å². The quantitative estimate of drug-likeness (QED) is 0.512. The highest BCUT2D eigenvalue weighted by Crippen LogP contribution is 2.33. The maximum Gasteiger partial charge on any atom is 0.346 e. The molecule has 1 saturated carbocycles. The summed E-state index contributed by atoms with van der Waals surface area (Å²) in [6, 6.07) is 9.67. The van der Waals surface area contributed by atoms with Gasteiger partial charge in [-0.3, -0.25) is 0 Å². The van der Waals surface area contributed by atoms with E-state index in [1.165, 1.54) is 49.8 Å². The van der Waals surface area contributed by atoms with Crippen molar-refractivity contribution in [2.45, 2.75) is 44.9 Å². The molecule has 5 heteroatoms. The molecule has 2 aromatic rings. The van der Waals surface area contributed by atoms with E-state index in [0.717, 1.165) is 0 Å². The Bertz CT molecular complexity index is 766. The molecule has 3 rings (SSSR count). The van der Waals surface area contributed by atoms with Crippen LogP contribution in [0.25, 0.3) is 0 Å². The van der Waals surface area contributed by atoms with Gasteiger partial charge in [-0.1, -0.05) is 31.4 Å². The Morgan fingerprint density at radius 1 is 1.00 bits per heavy atom. The smallest absolute Gasteiger partial charge is 0.346 e. The monoisotopic (exact) mass is 360 g/mol. The molecular weight excluding hydrogens is 338 g/mol. The van der Waals surface area contributed by atoms with Gasteiger partial charge in [-0.25, -0.2) is 9.18 Å². The van der Waals surface area contributed by atoms with Crippen molar-refractivity contribution in [3.05, 3.63) is 59.2 Å². The minimum atomic E-state index is -1.26. The van der Waals surface area contributed by atoms with Crippen LogP contribution in [0.3, 0.4) is 0 Å². The zero-order valence-electron chi connectivity index (χ0n) is 14.8. The molecule has 0 saturated heterocycles. The maximum atomic E-state index is 14.1. The van der Waals surface area contributed by atoms with Gasteiger partial charge in [-0.05, 0) is 55.5 Å². The molecule has 0 amide bonds. The number of ether oxygens (including phenoxy) is 2. The molecule has 0 bridgehead atoms. The van der Waals surface area contributed by atoms with E-state index in [4.69, 9.17) is 9.47 Å². The highest BCUT2D eigenvalue weighted by atomic mass is 19.2. The van der Waals surface area contributed by atoms with Crippen LogP contribution in [0.2, 0.25) is 0 Å². The first kappa shape index (κ1) is 18.4. The highest BCUT2D eigenvalue weighted by molar-refractivity contribution is 5.91. The molecule has 1 aliphatic rings. The van der Waals surface area contributed by atoms with E-state index in [-0.39, 0.29) is 12.4 Å². The van der Waals surface area contributed by atoms with Crippen molar-refractivity contribution < 1.29 is 23.0 Å². The predicted octanol–water partition coefficient (Wildman–Crippen LogP) is 5.63. The molecule has 26 heavy (non-hydrogen) atoms. The lowest BCUT2D eigenvalue weighted by molar-refractivity contribution is 0.0728. The molecule has 0 atom stereocenters. The third-order valence-corrected chi connectivity index (χ3v) is 4.73. The fourth-order valence-corrected chi connectivity index (χ4v) is 3.36. The van der Waals surface area contributed by atoms with Gasteiger partial charge in [0.2, 0.25) is 5.82 Å². The molecule has 3 nitrogen and oxygen atoms in total. The average Bonchev–Trinajstić information content (AvgIpc) is 2.67. The first-order valence-electron chi connectivity index (χ1n) is 9.03. The number of benzene rings is 2. The molecular formula is C21H22F2O3. The Hall–Kier alpha value is -2.43. The van der Waals surface area contributed by atoms with Crippen molar-refractivity contribution in [2.24, 2.45) is 0 Å². The largest absolute Gasteiger partial charge is 0.491 e. The molecule has 0 aromatic heterocycles. The minimum absolute atomic E-state index is 0.202. The van der Waals surface area contributed by atoms with Crippen molar-refractivity contribution in [2.75, 3.05) is 6.61 Å². The number of hydrogen-bond donors (Lipinski definition) is 0. The topological polar surface area (TPSA) is 35.5 Å². The van der Waals surface area contributed by atoms with Crippen molar-refractivity contribution in [1.29, 1.82) is 0 Å². The molecule has 138 valence electrons. The molecule has 2 aromatic carbocycles.